The van der Waals surface area contributed by atoms with Crippen LogP contribution in [0.15, 0.2) is 0 Å². The second-order valence-corrected chi connectivity index (χ2v) is 7.58. The monoisotopic (exact) mass is 310 g/mol. The lowest BCUT2D eigenvalue weighted by Crippen LogP contribution is -2.59. The van der Waals surface area contributed by atoms with E-state index >= 15 is 0 Å². The standard InChI is InChI=1S/C16H26N2O4/c1-15(2)11-22-8-7-18(15)14(21)17-9-12-5-3-4-6-16(12,10-17)13(19)20/h12H,3-11H2,1-2H3,(H,19,20)/t12-,16-/m0/s1. The van der Waals surface area contributed by atoms with Gasteiger partial charge in [0, 0.05) is 19.6 Å². The maximum absolute atomic E-state index is 12.9. The Morgan fingerprint density at radius 1 is 1.27 bits per heavy atom. The van der Waals surface area contributed by atoms with Crippen LogP contribution >= 0.6 is 0 Å². The third-order valence-electron chi connectivity index (χ3n) is 5.69. The van der Waals surface area contributed by atoms with Crippen LogP contribution in [0.5, 0.6) is 0 Å². The quantitative estimate of drug-likeness (QED) is 0.801. The van der Waals surface area contributed by atoms with Crippen molar-refractivity contribution in [1.29, 1.82) is 0 Å². The van der Waals surface area contributed by atoms with Crippen LogP contribution in [0.4, 0.5) is 4.79 Å². The van der Waals surface area contributed by atoms with E-state index in [4.69, 9.17) is 4.74 Å². The average molecular weight is 310 g/mol. The number of nitrogens with zero attached hydrogens (tertiary/aromatic N) is 2. The highest BCUT2D eigenvalue weighted by molar-refractivity contribution is 5.81. The SMILES string of the molecule is CC1(C)COCCN1C(=O)N1C[C@@H]2CCCC[C@]2(C(=O)O)C1. The molecule has 22 heavy (non-hydrogen) atoms. The molecule has 3 rings (SSSR count). The Morgan fingerprint density at radius 3 is 2.68 bits per heavy atom. The lowest BCUT2D eigenvalue weighted by Gasteiger charge is -2.43. The molecule has 1 saturated carbocycles. The van der Waals surface area contributed by atoms with Crippen molar-refractivity contribution in [3.63, 3.8) is 0 Å². The maximum Gasteiger partial charge on any atom is 0.320 e. The normalized spacial score (nSPS) is 34.4. The van der Waals surface area contributed by atoms with Gasteiger partial charge in [0.2, 0.25) is 0 Å². The molecule has 124 valence electrons. The lowest BCUT2D eigenvalue weighted by atomic mass is 9.68. The summed E-state index contributed by atoms with van der Waals surface area (Å²) in [4.78, 5) is 28.4. The Morgan fingerprint density at radius 2 is 2.05 bits per heavy atom. The van der Waals surface area contributed by atoms with Gasteiger partial charge in [0.1, 0.15) is 0 Å². The third kappa shape index (κ3) is 2.37. The molecule has 0 radical (unpaired) electrons. The number of morpholine rings is 1. The van der Waals surface area contributed by atoms with Crippen molar-refractivity contribution in [2.24, 2.45) is 11.3 Å². The summed E-state index contributed by atoms with van der Waals surface area (Å²) in [5.74, 6) is -0.624. The third-order valence-corrected chi connectivity index (χ3v) is 5.69. The number of fused-ring (bicyclic) bond motifs is 1. The second kappa shape index (κ2) is 5.41. The molecule has 2 saturated heterocycles. The van der Waals surface area contributed by atoms with E-state index in [9.17, 15) is 14.7 Å². The minimum Gasteiger partial charge on any atom is -0.481 e. The topological polar surface area (TPSA) is 70.1 Å². The number of carboxylic acids is 1. The second-order valence-electron chi connectivity index (χ2n) is 7.58. The first kappa shape index (κ1) is 15.6. The molecule has 0 unspecified atom stereocenters. The van der Waals surface area contributed by atoms with Gasteiger partial charge in [-0.3, -0.25) is 4.79 Å². The molecular weight excluding hydrogens is 284 g/mol. The molecule has 0 aromatic carbocycles. The van der Waals surface area contributed by atoms with Gasteiger partial charge in [-0.25, -0.2) is 4.79 Å². The van der Waals surface area contributed by atoms with Crippen LogP contribution in [0.2, 0.25) is 0 Å². The Kier molecular flexibility index (Phi) is 3.83. The van der Waals surface area contributed by atoms with Crippen molar-refractivity contribution in [2.45, 2.75) is 45.1 Å². The first-order valence-corrected chi connectivity index (χ1v) is 8.24. The number of likely N-dealkylation sites (tertiary alicyclic amines) is 1. The number of carbonyl (C=O) groups excluding carboxylic acids is 1. The predicted molar refractivity (Wildman–Crippen MR) is 80.6 cm³/mol. The Bertz CT molecular complexity index is 479. The van der Waals surface area contributed by atoms with E-state index in [1.165, 1.54) is 0 Å². The zero-order valence-electron chi connectivity index (χ0n) is 13.5. The van der Waals surface area contributed by atoms with Gasteiger partial charge in [0.15, 0.2) is 0 Å². The fourth-order valence-electron chi connectivity index (χ4n) is 4.34. The zero-order valence-corrected chi connectivity index (χ0v) is 13.5. The van der Waals surface area contributed by atoms with Crippen LogP contribution in [-0.2, 0) is 9.53 Å². The maximum atomic E-state index is 12.9. The van der Waals surface area contributed by atoms with Gasteiger partial charge >= 0.3 is 12.0 Å². The molecule has 1 aliphatic carbocycles. The van der Waals surface area contributed by atoms with E-state index in [2.05, 4.69) is 0 Å². The van der Waals surface area contributed by atoms with Crippen LogP contribution < -0.4 is 0 Å². The Hall–Kier alpha value is -1.30. The molecule has 3 aliphatic rings. The molecule has 0 aromatic rings. The van der Waals surface area contributed by atoms with Crippen molar-refractivity contribution < 1.29 is 19.4 Å². The molecule has 3 fully saturated rings. The van der Waals surface area contributed by atoms with Crippen molar-refractivity contribution in [3.05, 3.63) is 0 Å². The molecule has 0 aromatic heterocycles. The number of carbonyl (C=O) groups is 2. The van der Waals surface area contributed by atoms with E-state index in [0.717, 1.165) is 19.3 Å². The number of amides is 2. The van der Waals surface area contributed by atoms with E-state index < -0.39 is 11.4 Å². The molecule has 2 amide bonds. The summed E-state index contributed by atoms with van der Waals surface area (Å²) in [7, 11) is 0. The number of urea groups is 1. The smallest absolute Gasteiger partial charge is 0.320 e. The van der Waals surface area contributed by atoms with Gasteiger partial charge in [-0.1, -0.05) is 12.8 Å². The summed E-state index contributed by atoms with van der Waals surface area (Å²) in [5.41, 5.74) is -1.05. The molecule has 1 N–H and O–H groups in total. The van der Waals surface area contributed by atoms with Crippen molar-refractivity contribution in [1.82, 2.24) is 9.80 Å². The van der Waals surface area contributed by atoms with Gasteiger partial charge < -0.3 is 19.6 Å². The van der Waals surface area contributed by atoms with E-state index in [1.807, 2.05) is 18.7 Å². The van der Waals surface area contributed by atoms with E-state index in [0.29, 0.717) is 39.3 Å². The summed E-state index contributed by atoms with van der Waals surface area (Å²) >= 11 is 0. The molecule has 0 bridgehead atoms. The highest BCUT2D eigenvalue weighted by Gasteiger charge is 2.55. The van der Waals surface area contributed by atoms with Crippen molar-refractivity contribution in [2.75, 3.05) is 32.8 Å². The van der Waals surface area contributed by atoms with Gasteiger partial charge in [-0.15, -0.1) is 0 Å². The van der Waals surface area contributed by atoms with Gasteiger partial charge in [0.05, 0.1) is 24.2 Å². The number of carboxylic acid groups (broad SMARTS) is 1. The number of rotatable bonds is 1. The van der Waals surface area contributed by atoms with E-state index in [1.54, 1.807) is 4.90 Å². The minimum absolute atomic E-state index is 0.0247. The number of ether oxygens (including phenoxy) is 1. The average Bonchev–Trinajstić information content (AvgIpc) is 2.87. The van der Waals surface area contributed by atoms with Crippen molar-refractivity contribution >= 4 is 12.0 Å². The molecule has 6 nitrogen and oxygen atoms in total. The van der Waals surface area contributed by atoms with Crippen molar-refractivity contribution in [3.8, 4) is 0 Å². The fraction of sp³-hybridized carbons (Fsp3) is 0.875. The molecule has 0 spiro atoms. The first-order chi connectivity index (χ1) is 10.4. The van der Waals surface area contributed by atoms with E-state index in [-0.39, 0.29) is 17.5 Å². The molecule has 2 atom stereocenters. The Labute approximate surface area is 131 Å². The number of hydrogen-bond donors (Lipinski definition) is 1. The summed E-state index contributed by atoms with van der Waals surface area (Å²) in [6, 6.07) is -0.0247. The van der Waals surface area contributed by atoms with Crippen LogP contribution in [0.25, 0.3) is 0 Å². The lowest BCUT2D eigenvalue weighted by molar-refractivity contribution is -0.152. The molecule has 6 heteroatoms. The first-order valence-electron chi connectivity index (χ1n) is 8.24. The van der Waals surface area contributed by atoms with Gasteiger partial charge in [0.25, 0.3) is 0 Å². The van der Waals surface area contributed by atoms with Crippen LogP contribution in [0.1, 0.15) is 39.5 Å². The van der Waals surface area contributed by atoms with Crippen LogP contribution in [0.3, 0.4) is 0 Å². The van der Waals surface area contributed by atoms with Crippen LogP contribution in [0, 0.1) is 11.3 Å². The molecule has 2 heterocycles. The predicted octanol–water partition coefficient (Wildman–Crippen LogP) is 1.79. The fourth-order valence-corrected chi connectivity index (χ4v) is 4.34. The highest BCUT2D eigenvalue weighted by atomic mass is 16.5. The summed E-state index contributed by atoms with van der Waals surface area (Å²) < 4.78 is 5.47. The summed E-state index contributed by atoms with van der Waals surface area (Å²) in [5, 5.41) is 9.74. The Balaban J connectivity index is 1.78. The van der Waals surface area contributed by atoms with Crippen LogP contribution in [-0.4, -0.2) is 65.3 Å². The summed E-state index contributed by atoms with van der Waals surface area (Å²) in [6.07, 6.45) is 3.64. The largest absolute Gasteiger partial charge is 0.481 e. The summed E-state index contributed by atoms with van der Waals surface area (Å²) in [6.45, 7) is 6.60. The highest BCUT2D eigenvalue weighted by Crippen LogP contribution is 2.47. The van der Waals surface area contributed by atoms with Gasteiger partial charge in [-0.2, -0.15) is 0 Å². The number of hydrogen-bond acceptors (Lipinski definition) is 3. The molecular formula is C16H26N2O4. The number of aliphatic carboxylic acids is 1. The van der Waals surface area contributed by atoms with Gasteiger partial charge in [-0.05, 0) is 32.6 Å². The zero-order chi connectivity index (χ0) is 16.0. The minimum atomic E-state index is -0.728. The molecule has 2 aliphatic heterocycles.